The molecule has 0 saturated carbocycles. The average Bonchev–Trinajstić information content (AvgIpc) is 2.46. The van der Waals surface area contributed by atoms with Crippen molar-refractivity contribution in [3.8, 4) is 17.1 Å². The molecule has 3 rings (SSSR count). The normalized spacial score (nSPS) is 13.6. The molecular formula is C14H16N4O. The van der Waals surface area contributed by atoms with Crippen molar-refractivity contribution in [3.63, 3.8) is 0 Å². The van der Waals surface area contributed by atoms with E-state index in [1.165, 1.54) is 0 Å². The van der Waals surface area contributed by atoms with Gasteiger partial charge in [-0.1, -0.05) is 13.8 Å². The zero-order valence-electron chi connectivity index (χ0n) is 11.1. The molecule has 0 spiro atoms. The summed E-state index contributed by atoms with van der Waals surface area (Å²) in [4.78, 5) is 13.4. The Morgan fingerprint density at radius 3 is 3.05 bits per heavy atom. The molecule has 2 aromatic rings. The first-order chi connectivity index (χ1) is 9.25. The van der Waals surface area contributed by atoms with Crippen molar-refractivity contribution in [2.75, 3.05) is 18.5 Å². The van der Waals surface area contributed by atoms with E-state index in [0.29, 0.717) is 24.1 Å². The van der Waals surface area contributed by atoms with Crippen LogP contribution in [0.5, 0.6) is 5.75 Å². The second-order valence-corrected chi connectivity index (χ2v) is 4.77. The molecule has 3 heterocycles. The van der Waals surface area contributed by atoms with Crippen LogP contribution in [0.3, 0.4) is 0 Å². The summed E-state index contributed by atoms with van der Waals surface area (Å²) in [6, 6.07) is 3.92. The minimum Gasteiger partial charge on any atom is -0.486 e. The van der Waals surface area contributed by atoms with Crippen LogP contribution >= 0.6 is 0 Å². The van der Waals surface area contributed by atoms with Gasteiger partial charge in [0.25, 0.3) is 0 Å². The van der Waals surface area contributed by atoms with Gasteiger partial charge in [-0.15, -0.1) is 0 Å². The zero-order valence-corrected chi connectivity index (χ0v) is 11.1. The summed E-state index contributed by atoms with van der Waals surface area (Å²) >= 11 is 0. The van der Waals surface area contributed by atoms with Crippen LogP contribution < -0.4 is 10.1 Å². The Morgan fingerprint density at radius 2 is 2.21 bits per heavy atom. The summed E-state index contributed by atoms with van der Waals surface area (Å²) in [5.41, 5.74) is 1.99. The van der Waals surface area contributed by atoms with E-state index in [1.54, 1.807) is 12.4 Å². The first kappa shape index (κ1) is 11.9. The van der Waals surface area contributed by atoms with Gasteiger partial charge in [0.05, 0.1) is 18.4 Å². The van der Waals surface area contributed by atoms with Gasteiger partial charge in [-0.2, -0.15) is 0 Å². The average molecular weight is 256 g/mol. The Balaban J connectivity index is 2.07. The van der Waals surface area contributed by atoms with Crippen molar-refractivity contribution in [3.05, 3.63) is 30.2 Å². The van der Waals surface area contributed by atoms with Crippen molar-refractivity contribution in [2.24, 2.45) is 0 Å². The Morgan fingerprint density at radius 1 is 1.32 bits per heavy atom. The molecule has 0 atom stereocenters. The molecule has 1 aliphatic heterocycles. The Labute approximate surface area is 112 Å². The van der Waals surface area contributed by atoms with Gasteiger partial charge in [0.2, 0.25) is 0 Å². The summed E-state index contributed by atoms with van der Waals surface area (Å²) < 4.78 is 5.49. The number of anilines is 1. The van der Waals surface area contributed by atoms with E-state index in [9.17, 15) is 0 Å². The standard InChI is InChI=1S/C14H16N4O/c1-9(2)12-10(4-3-5-15-12)13-17-8-11-14(18-13)16-6-7-19-11/h3-5,8-9H,6-7H2,1-2H3,(H,16,17,18). The number of nitrogens with one attached hydrogen (secondary N) is 1. The van der Waals surface area contributed by atoms with E-state index in [4.69, 9.17) is 4.74 Å². The fourth-order valence-corrected chi connectivity index (χ4v) is 2.13. The van der Waals surface area contributed by atoms with Crippen LogP contribution in [0.4, 0.5) is 5.82 Å². The monoisotopic (exact) mass is 256 g/mol. The van der Waals surface area contributed by atoms with Crippen LogP contribution in [0.2, 0.25) is 0 Å². The topological polar surface area (TPSA) is 59.9 Å². The first-order valence-electron chi connectivity index (χ1n) is 6.44. The van der Waals surface area contributed by atoms with E-state index < -0.39 is 0 Å². The van der Waals surface area contributed by atoms with E-state index in [-0.39, 0.29) is 0 Å². The molecule has 0 bridgehead atoms. The molecule has 1 N–H and O–H groups in total. The predicted molar refractivity (Wildman–Crippen MR) is 73.3 cm³/mol. The fourth-order valence-electron chi connectivity index (χ4n) is 2.13. The lowest BCUT2D eigenvalue weighted by atomic mass is 10.0. The van der Waals surface area contributed by atoms with Crippen LogP contribution in [-0.4, -0.2) is 28.1 Å². The van der Waals surface area contributed by atoms with Crippen molar-refractivity contribution in [2.45, 2.75) is 19.8 Å². The molecular weight excluding hydrogens is 240 g/mol. The number of hydrogen-bond acceptors (Lipinski definition) is 5. The molecule has 5 nitrogen and oxygen atoms in total. The van der Waals surface area contributed by atoms with Gasteiger partial charge < -0.3 is 10.1 Å². The number of fused-ring (bicyclic) bond motifs is 1. The maximum absolute atomic E-state index is 5.49. The largest absolute Gasteiger partial charge is 0.486 e. The van der Waals surface area contributed by atoms with Crippen molar-refractivity contribution >= 4 is 5.82 Å². The van der Waals surface area contributed by atoms with Crippen molar-refractivity contribution in [1.29, 1.82) is 0 Å². The fraction of sp³-hybridized carbons (Fsp3) is 0.357. The van der Waals surface area contributed by atoms with E-state index >= 15 is 0 Å². The molecule has 2 aromatic heterocycles. The van der Waals surface area contributed by atoms with Gasteiger partial charge in [0.1, 0.15) is 6.61 Å². The van der Waals surface area contributed by atoms with E-state index in [1.807, 2.05) is 12.1 Å². The second kappa shape index (κ2) is 4.84. The molecule has 0 unspecified atom stereocenters. The molecule has 0 aliphatic carbocycles. The number of aromatic nitrogens is 3. The summed E-state index contributed by atoms with van der Waals surface area (Å²) in [6.45, 7) is 5.66. The summed E-state index contributed by atoms with van der Waals surface area (Å²) in [5.74, 6) is 2.49. The molecule has 0 aromatic carbocycles. The third-order valence-electron chi connectivity index (χ3n) is 3.03. The van der Waals surface area contributed by atoms with Crippen molar-refractivity contribution < 1.29 is 4.74 Å². The highest BCUT2D eigenvalue weighted by molar-refractivity contribution is 5.63. The molecule has 1 aliphatic rings. The Hall–Kier alpha value is -2.17. The van der Waals surface area contributed by atoms with Crippen LogP contribution in [-0.2, 0) is 0 Å². The van der Waals surface area contributed by atoms with Gasteiger partial charge in [0, 0.05) is 11.8 Å². The van der Waals surface area contributed by atoms with Gasteiger partial charge in [-0.3, -0.25) is 4.98 Å². The molecule has 0 radical (unpaired) electrons. The SMILES string of the molecule is CC(C)c1ncccc1-c1ncc2c(n1)NCCO2. The molecule has 98 valence electrons. The summed E-state index contributed by atoms with van der Waals surface area (Å²) in [7, 11) is 0. The quantitative estimate of drug-likeness (QED) is 0.894. The van der Waals surface area contributed by atoms with Crippen molar-refractivity contribution in [1.82, 2.24) is 15.0 Å². The zero-order chi connectivity index (χ0) is 13.2. The Kier molecular flexibility index (Phi) is 3.03. The highest BCUT2D eigenvalue weighted by Gasteiger charge is 2.16. The molecule has 0 saturated heterocycles. The van der Waals surface area contributed by atoms with Crippen LogP contribution in [0.1, 0.15) is 25.5 Å². The van der Waals surface area contributed by atoms with Gasteiger partial charge >= 0.3 is 0 Å². The minimum atomic E-state index is 0.333. The predicted octanol–water partition coefficient (Wildman–Crippen LogP) is 2.47. The number of ether oxygens (including phenoxy) is 1. The number of rotatable bonds is 2. The van der Waals surface area contributed by atoms with Crippen LogP contribution in [0, 0.1) is 0 Å². The lowest BCUT2D eigenvalue weighted by Crippen LogP contribution is -2.19. The highest BCUT2D eigenvalue weighted by Crippen LogP contribution is 2.29. The lowest BCUT2D eigenvalue weighted by molar-refractivity contribution is 0.320. The maximum Gasteiger partial charge on any atom is 0.179 e. The van der Waals surface area contributed by atoms with Gasteiger partial charge in [-0.25, -0.2) is 9.97 Å². The van der Waals surface area contributed by atoms with E-state index in [2.05, 4.69) is 34.1 Å². The summed E-state index contributed by atoms with van der Waals surface area (Å²) in [5, 5.41) is 3.22. The van der Waals surface area contributed by atoms with Crippen LogP contribution in [0.15, 0.2) is 24.5 Å². The molecule has 0 amide bonds. The third-order valence-corrected chi connectivity index (χ3v) is 3.03. The smallest absolute Gasteiger partial charge is 0.179 e. The molecule has 5 heteroatoms. The number of nitrogens with zero attached hydrogens (tertiary/aromatic N) is 3. The molecule has 0 fully saturated rings. The van der Waals surface area contributed by atoms with Gasteiger partial charge in [-0.05, 0) is 18.1 Å². The Bertz CT molecular complexity index is 598. The number of pyridine rings is 1. The van der Waals surface area contributed by atoms with E-state index in [0.717, 1.165) is 23.6 Å². The highest BCUT2D eigenvalue weighted by atomic mass is 16.5. The lowest BCUT2D eigenvalue weighted by Gasteiger charge is -2.18. The van der Waals surface area contributed by atoms with Crippen LogP contribution in [0.25, 0.3) is 11.4 Å². The number of hydrogen-bond donors (Lipinski definition) is 1. The minimum absolute atomic E-state index is 0.333. The van der Waals surface area contributed by atoms with Gasteiger partial charge in [0.15, 0.2) is 17.4 Å². The maximum atomic E-state index is 5.49. The third kappa shape index (κ3) is 2.23. The molecule has 19 heavy (non-hydrogen) atoms. The first-order valence-corrected chi connectivity index (χ1v) is 6.44. The summed E-state index contributed by atoms with van der Waals surface area (Å²) in [6.07, 6.45) is 3.53. The second-order valence-electron chi connectivity index (χ2n) is 4.77.